The fraction of sp³-hybridized carbons (Fsp3) is 0.611. The Morgan fingerprint density at radius 1 is 1.20 bits per heavy atom. The summed E-state index contributed by atoms with van der Waals surface area (Å²) in [5.74, 6) is -1.67. The van der Waals surface area contributed by atoms with Gasteiger partial charge in [0.1, 0.15) is 12.2 Å². The van der Waals surface area contributed by atoms with Crippen LogP contribution in [0.3, 0.4) is 0 Å². The van der Waals surface area contributed by atoms with Gasteiger partial charge >= 0.3 is 5.97 Å². The van der Waals surface area contributed by atoms with E-state index in [9.17, 15) is 4.79 Å². The zero-order chi connectivity index (χ0) is 18.0. The molecule has 0 N–H and O–H groups in total. The number of carbonyl (C=O) groups is 1. The third-order valence-corrected chi connectivity index (χ3v) is 4.32. The van der Waals surface area contributed by atoms with Crippen LogP contribution in [0.4, 0.5) is 0 Å². The first-order valence-electron chi connectivity index (χ1n) is 8.41. The van der Waals surface area contributed by atoms with Crippen LogP contribution in [0, 0.1) is 0 Å². The summed E-state index contributed by atoms with van der Waals surface area (Å²) in [5, 5.41) is 0. The second-order valence-electron chi connectivity index (χ2n) is 6.14. The molecule has 6 atom stereocenters. The standard InChI is InChI=1S/C18H24O7/c1-5-21-18(3)24-14-13(11(2)22-17(20-4)15(14)25-18)23-16(19)12-9-7-6-8-10-12/h6-11,13-15,17H,5H2,1-4H3/t11-,13-,14+,15+,17+,18?/m0/s1. The monoisotopic (exact) mass is 352 g/mol. The third kappa shape index (κ3) is 3.70. The average molecular weight is 352 g/mol. The van der Waals surface area contributed by atoms with Crippen molar-refractivity contribution in [3.8, 4) is 0 Å². The molecule has 1 unspecified atom stereocenters. The van der Waals surface area contributed by atoms with Crippen LogP contribution in [0.1, 0.15) is 31.1 Å². The van der Waals surface area contributed by atoms with Crippen LogP contribution in [0.15, 0.2) is 30.3 Å². The summed E-state index contributed by atoms with van der Waals surface area (Å²) in [7, 11) is 1.53. The SMILES string of the molecule is CCOC1(C)O[C@@H]2[C@@H](OC(=O)c3ccccc3)[C@H](C)O[C@@H](OC)[C@@H]2O1. The first kappa shape index (κ1) is 18.3. The van der Waals surface area contributed by atoms with Gasteiger partial charge in [-0.1, -0.05) is 18.2 Å². The maximum atomic E-state index is 12.4. The highest BCUT2D eigenvalue weighted by Crippen LogP contribution is 2.39. The van der Waals surface area contributed by atoms with Crippen LogP contribution in [0.5, 0.6) is 0 Å². The van der Waals surface area contributed by atoms with Crippen LogP contribution in [-0.2, 0) is 28.4 Å². The molecule has 138 valence electrons. The molecule has 0 aliphatic carbocycles. The maximum Gasteiger partial charge on any atom is 0.338 e. The third-order valence-electron chi connectivity index (χ3n) is 4.32. The molecule has 25 heavy (non-hydrogen) atoms. The van der Waals surface area contributed by atoms with Crippen LogP contribution < -0.4 is 0 Å². The second kappa shape index (κ2) is 7.39. The summed E-state index contributed by atoms with van der Waals surface area (Å²) in [6, 6.07) is 8.79. The molecule has 1 aromatic carbocycles. The highest BCUT2D eigenvalue weighted by Gasteiger charge is 2.58. The predicted molar refractivity (Wildman–Crippen MR) is 86.8 cm³/mol. The van der Waals surface area contributed by atoms with Gasteiger partial charge in [0.2, 0.25) is 0 Å². The van der Waals surface area contributed by atoms with E-state index in [0.29, 0.717) is 12.2 Å². The topological polar surface area (TPSA) is 72.5 Å². The molecule has 2 aliphatic rings. The Hall–Kier alpha value is -1.51. The Balaban J connectivity index is 1.80. The molecule has 1 aromatic rings. The zero-order valence-corrected chi connectivity index (χ0v) is 14.8. The molecule has 7 heteroatoms. The van der Waals surface area contributed by atoms with E-state index in [0.717, 1.165) is 0 Å². The minimum absolute atomic E-state index is 0.415. The Kier molecular flexibility index (Phi) is 5.41. The van der Waals surface area contributed by atoms with Gasteiger partial charge in [-0.05, 0) is 26.0 Å². The summed E-state index contributed by atoms with van der Waals surface area (Å²) in [6.45, 7) is 5.76. The molecule has 2 heterocycles. The van der Waals surface area contributed by atoms with Gasteiger partial charge in [-0.15, -0.1) is 0 Å². The van der Waals surface area contributed by atoms with Crippen molar-refractivity contribution >= 4 is 5.97 Å². The molecule has 2 fully saturated rings. The van der Waals surface area contributed by atoms with Crippen molar-refractivity contribution in [2.24, 2.45) is 0 Å². The van der Waals surface area contributed by atoms with E-state index in [1.54, 1.807) is 31.2 Å². The lowest BCUT2D eigenvalue weighted by molar-refractivity contribution is -0.335. The van der Waals surface area contributed by atoms with E-state index in [1.165, 1.54) is 7.11 Å². The van der Waals surface area contributed by atoms with E-state index in [-0.39, 0.29) is 0 Å². The number of methoxy groups -OCH3 is 1. The molecule has 0 radical (unpaired) electrons. The number of hydrogen-bond donors (Lipinski definition) is 0. The highest BCUT2D eigenvalue weighted by molar-refractivity contribution is 5.89. The lowest BCUT2D eigenvalue weighted by Gasteiger charge is -2.39. The first-order chi connectivity index (χ1) is 12.0. The van der Waals surface area contributed by atoms with Crippen LogP contribution in [0.2, 0.25) is 0 Å². The summed E-state index contributed by atoms with van der Waals surface area (Å²) < 4.78 is 34.3. The summed E-state index contributed by atoms with van der Waals surface area (Å²) in [5.41, 5.74) is 0.464. The number of fused-ring (bicyclic) bond motifs is 1. The highest BCUT2D eigenvalue weighted by atomic mass is 16.9. The first-order valence-corrected chi connectivity index (χ1v) is 8.41. The van der Waals surface area contributed by atoms with Crippen LogP contribution in [0.25, 0.3) is 0 Å². The average Bonchev–Trinajstić information content (AvgIpc) is 2.95. The molecule has 0 aromatic heterocycles. The number of rotatable bonds is 5. The van der Waals surface area contributed by atoms with Crippen molar-refractivity contribution in [3.05, 3.63) is 35.9 Å². The lowest BCUT2D eigenvalue weighted by Crippen LogP contribution is -2.57. The molecular formula is C18H24O7. The van der Waals surface area contributed by atoms with Gasteiger partial charge in [0, 0.05) is 20.6 Å². The van der Waals surface area contributed by atoms with E-state index >= 15 is 0 Å². The van der Waals surface area contributed by atoms with E-state index in [2.05, 4.69) is 0 Å². The number of esters is 1. The largest absolute Gasteiger partial charge is 0.453 e. The van der Waals surface area contributed by atoms with Gasteiger partial charge in [-0.2, -0.15) is 0 Å². The van der Waals surface area contributed by atoms with Gasteiger partial charge in [0.05, 0.1) is 11.7 Å². The summed E-state index contributed by atoms with van der Waals surface area (Å²) in [4.78, 5) is 12.4. The van der Waals surface area contributed by atoms with Crippen LogP contribution in [-0.4, -0.2) is 56.4 Å². The zero-order valence-electron chi connectivity index (χ0n) is 14.8. The van der Waals surface area contributed by atoms with Crippen molar-refractivity contribution in [2.45, 2.75) is 57.5 Å². The minimum Gasteiger partial charge on any atom is -0.453 e. The molecule has 2 saturated heterocycles. The second-order valence-corrected chi connectivity index (χ2v) is 6.14. The lowest BCUT2D eigenvalue weighted by atomic mass is 9.99. The number of benzene rings is 1. The van der Waals surface area contributed by atoms with E-state index in [1.807, 2.05) is 19.9 Å². The minimum atomic E-state index is -1.23. The van der Waals surface area contributed by atoms with Crippen LogP contribution >= 0.6 is 0 Å². The molecule has 3 rings (SSSR count). The molecule has 2 aliphatic heterocycles. The molecule has 0 amide bonds. The molecular weight excluding hydrogens is 328 g/mol. The Bertz CT molecular complexity index is 592. The fourth-order valence-electron chi connectivity index (χ4n) is 3.20. The van der Waals surface area contributed by atoms with Gasteiger partial charge in [0.25, 0.3) is 5.97 Å². The van der Waals surface area contributed by atoms with Crippen molar-refractivity contribution in [3.63, 3.8) is 0 Å². The van der Waals surface area contributed by atoms with Gasteiger partial charge in [-0.25, -0.2) is 4.79 Å². The van der Waals surface area contributed by atoms with Gasteiger partial charge in [-0.3, -0.25) is 0 Å². The number of carbonyl (C=O) groups excluding carboxylic acids is 1. The van der Waals surface area contributed by atoms with Crippen molar-refractivity contribution in [1.82, 2.24) is 0 Å². The molecule has 0 spiro atoms. The normalized spacial score (nSPS) is 37.5. The van der Waals surface area contributed by atoms with Gasteiger partial charge < -0.3 is 28.4 Å². The van der Waals surface area contributed by atoms with Crippen molar-refractivity contribution in [2.75, 3.05) is 13.7 Å². The molecule has 0 bridgehead atoms. The quantitative estimate of drug-likeness (QED) is 0.751. The van der Waals surface area contributed by atoms with E-state index in [4.69, 9.17) is 28.4 Å². The van der Waals surface area contributed by atoms with Crippen molar-refractivity contribution < 1.29 is 33.2 Å². The fourth-order valence-corrected chi connectivity index (χ4v) is 3.20. The maximum absolute atomic E-state index is 12.4. The Morgan fingerprint density at radius 3 is 2.52 bits per heavy atom. The Labute approximate surface area is 147 Å². The number of ether oxygens (including phenoxy) is 6. The summed E-state index contributed by atoms with van der Waals surface area (Å²) in [6.07, 6.45) is -2.82. The van der Waals surface area contributed by atoms with Gasteiger partial charge in [0.15, 0.2) is 12.4 Å². The number of hydrogen-bond acceptors (Lipinski definition) is 7. The molecule has 7 nitrogen and oxygen atoms in total. The van der Waals surface area contributed by atoms with Crippen molar-refractivity contribution in [1.29, 1.82) is 0 Å². The predicted octanol–water partition coefficient (Wildman–Crippen LogP) is 2.10. The molecule has 0 saturated carbocycles. The Morgan fingerprint density at radius 2 is 1.88 bits per heavy atom. The summed E-state index contributed by atoms with van der Waals surface area (Å²) >= 11 is 0. The smallest absolute Gasteiger partial charge is 0.338 e. The van der Waals surface area contributed by atoms with E-state index < -0.39 is 42.6 Å².